The van der Waals surface area contributed by atoms with E-state index in [9.17, 15) is 4.79 Å². The van der Waals surface area contributed by atoms with Gasteiger partial charge in [-0.3, -0.25) is 4.79 Å². The number of fused-ring (bicyclic) bond motifs is 1. The van der Waals surface area contributed by atoms with E-state index in [1.165, 1.54) is 10.9 Å². The molecular weight excluding hydrogens is 364 g/mol. The maximum absolute atomic E-state index is 12.6. The number of carbonyl (C=O) groups excluding carboxylic acids is 1. The summed E-state index contributed by atoms with van der Waals surface area (Å²) in [4.78, 5) is 12.6. The van der Waals surface area contributed by atoms with E-state index >= 15 is 0 Å². The first-order valence-corrected chi connectivity index (χ1v) is 10.0. The molecule has 0 bridgehead atoms. The molecule has 0 aliphatic rings. The average molecular weight is 395 g/mol. The first kappa shape index (κ1) is 20.8. The number of nitrogens with one attached hydrogen (secondary N) is 1. The molecular formula is C24H30N2O3. The number of methoxy groups -OCH3 is 2. The van der Waals surface area contributed by atoms with Gasteiger partial charge < -0.3 is 19.4 Å². The molecule has 1 N–H and O–H groups in total. The van der Waals surface area contributed by atoms with Gasteiger partial charge in [-0.15, -0.1) is 0 Å². The fourth-order valence-electron chi connectivity index (χ4n) is 3.97. The number of benzene rings is 2. The Labute approximate surface area is 172 Å². The van der Waals surface area contributed by atoms with E-state index in [1.807, 2.05) is 24.3 Å². The molecule has 0 saturated carbocycles. The molecule has 0 aliphatic heterocycles. The number of amides is 1. The second-order valence-corrected chi connectivity index (χ2v) is 7.55. The highest BCUT2D eigenvalue weighted by Crippen LogP contribution is 2.31. The van der Waals surface area contributed by atoms with E-state index in [-0.39, 0.29) is 5.91 Å². The lowest BCUT2D eigenvalue weighted by molar-refractivity contribution is -0.121. The summed E-state index contributed by atoms with van der Waals surface area (Å²) in [6.45, 7) is 7.39. The summed E-state index contributed by atoms with van der Waals surface area (Å²) in [5.41, 5.74) is 4.69. The smallest absolute Gasteiger partial charge is 0.239 e. The Hall–Kier alpha value is -2.95. The zero-order valence-electron chi connectivity index (χ0n) is 17.9. The van der Waals surface area contributed by atoms with Crippen LogP contribution in [0.5, 0.6) is 11.5 Å². The molecule has 1 amide bonds. The number of para-hydroxylation sites is 1. The van der Waals surface area contributed by atoms with Crippen molar-refractivity contribution < 1.29 is 14.3 Å². The topological polar surface area (TPSA) is 52.5 Å². The molecule has 0 spiro atoms. The normalized spacial score (nSPS) is 11.1. The fourth-order valence-corrected chi connectivity index (χ4v) is 3.97. The predicted molar refractivity (Wildman–Crippen MR) is 117 cm³/mol. The number of hydrogen-bond donors (Lipinski definition) is 1. The van der Waals surface area contributed by atoms with Crippen LogP contribution < -0.4 is 14.8 Å². The van der Waals surface area contributed by atoms with Gasteiger partial charge in [0.1, 0.15) is 6.54 Å². The van der Waals surface area contributed by atoms with Crippen LogP contribution in [0.1, 0.15) is 36.6 Å². The number of hydrogen-bond acceptors (Lipinski definition) is 3. The zero-order valence-corrected chi connectivity index (χ0v) is 17.9. The first-order chi connectivity index (χ1) is 14.0. The zero-order chi connectivity index (χ0) is 21.0. The molecule has 0 unspecified atom stereocenters. The number of nitrogens with zero attached hydrogens (tertiary/aromatic N) is 1. The lowest BCUT2D eigenvalue weighted by atomic mass is 10.00. The van der Waals surface area contributed by atoms with E-state index < -0.39 is 0 Å². The molecule has 154 valence electrons. The third kappa shape index (κ3) is 4.39. The van der Waals surface area contributed by atoms with Crippen LogP contribution in [0.25, 0.3) is 10.9 Å². The summed E-state index contributed by atoms with van der Waals surface area (Å²) in [6.07, 6.45) is 0.731. The van der Waals surface area contributed by atoms with Gasteiger partial charge in [0.15, 0.2) is 11.5 Å². The molecule has 0 radical (unpaired) electrons. The number of carbonyl (C=O) groups is 1. The van der Waals surface area contributed by atoms with Crippen molar-refractivity contribution in [2.45, 2.75) is 39.7 Å². The summed E-state index contributed by atoms with van der Waals surface area (Å²) in [5.74, 6) is 1.84. The second-order valence-electron chi connectivity index (χ2n) is 7.55. The number of ether oxygens (including phenoxy) is 2. The molecule has 1 heterocycles. The van der Waals surface area contributed by atoms with Crippen LogP contribution in [0.2, 0.25) is 0 Å². The molecule has 2 aromatic carbocycles. The standard InChI is InChI=1S/C24H30N2O3/c1-16(2)24-17(3)26(20-9-7-6-8-19(20)24)15-23(27)25-13-12-18-10-11-21(28-4)22(14-18)29-5/h6-11,14,16H,12-13,15H2,1-5H3,(H,25,27). The van der Waals surface area contributed by atoms with Gasteiger partial charge >= 0.3 is 0 Å². The van der Waals surface area contributed by atoms with Crippen molar-refractivity contribution in [1.29, 1.82) is 0 Å². The maximum atomic E-state index is 12.6. The van der Waals surface area contributed by atoms with Crippen molar-refractivity contribution in [1.82, 2.24) is 9.88 Å². The summed E-state index contributed by atoms with van der Waals surface area (Å²) >= 11 is 0. The predicted octanol–water partition coefficient (Wildman–Crippen LogP) is 4.45. The maximum Gasteiger partial charge on any atom is 0.239 e. The van der Waals surface area contributed by atoms with Crippen LogP contribution in [0, 0.1) is 6.92 Å². The van der Waals surface area contributed by atoms with Crippen molar-refractivity contribution in [2.75, 3.05) is 20.8 Å². The van der Waals surface area contributed by atoms with Crippen molar-refractivity contribution in [3.8, 4) is 11.5 Å². The summed E-state index contributed by atoms with van der Waals surface area (Å²) in [6, 6.07) is 14.1. The van der Waals surface area contributed by atoms with Gasteiger partial charge in [-0.05, 0) is 48.6 Å². The van der Waals surface area contributed by atoms with Crippen LogP contribution in [-0.2, 0) is 17.8 Å². The average Bonchev–Trinajstić information content (AvgIpc) is 2.99. The van der Waals surface area contributed by atoms with Crippen LogP contribution in [0.4, 0.5) is 0 Å². The van der Waals surface area contributed by atoms with Crippen LogP contribution in [0.15, 0.2) is 42.5 Å². The van der Waals surface area contributed by atoms with Gasteiger partial charge in [0.2, 0.25) is 5.91 Å². The van der Waals surface area contributed by atoms with Gasteiger partial charge in [-0.1, -0.05) is 38.1 Å². The largest absolute Gasteiger partial charge is 0.493 e. The molecule has 5 nitrogen and oxygen atoms in total. The van der Waals surface area contributed by atoms with E-state index in [0.717, 1.165) is 23.2 Å². The minimum Gasteiger partial charge on any atom is -0.493 e. The van der Waals surface area contributed by atoms with Crippen molar-refractivity contribution in [3.05, 3.63) is 59.3 Å². The molecule has 0 fully saturated rings. The van der Waals surface area contributed by atoms with Crippen molar-refractivity contribution >= 4 is 16.8 Å². The van der Waals surface area contributed by atoms with Gasteiger partial charge in [0.05, 0.1) is 14.2 Å². The van der Waals surface area contributed by atoms with Crippen molar-refractivity contribution in [3.63, 3.8) is 0 Å². The third-order valence-corrected chi connectivity index (χ3v) is 5.34. The van der Waals surface area contributed by atoms with Crippen LogP contribution in [0.3, 0.4) is 0 Å². The Bertz CT molecular complexity index is 1000. The van der Waals surface area contributed by atoms with Gasteiger partial charge in [0, 0.05) is 23.1 Å². The van der Waals surface area contributed by atoms with E-state index in [4.69, 9.17) is 9.47 Å². The second kappa shape index (κ2) is 9.03. The number of aromatic nitrogens is 1. The van der Waals surface area contributed by atoms with Gasteiger partial charge in [-0.2, -0.15) is 0 Å². The Morgan fingerprint density at radius 3 is 2.48 bits per heavy atom. The fraction of sp³-hybridized carbons (Fsp3) is 0.375. The van der Waals surface area contributed by atoms with Gasteiger partial charge in [-0.25, -0.2) is 0 Å². The van der Waals surface area contributed by atoms with Crippen LogP contribution >= 0.6 is 0 Å². The first-order valence-electron chi connectivity index (χ1n) is 10.0. The Morgan fingerprint density at radius 1 is 1.07 bits per heavy atom. The molecule has 0 atom stereocenters. The Balaban J connectivity index is 1.67. The lowest BCUT2D eigenvalue weighted by Crippen LogP contribution is -2.29. The molecule has 3 aromatic rings. The SMILES string of the molecule is COc1ccc(CCNC(=O)Cn2c(C)c(C(C)C)c3ccccc32)cc1OC. The Morgan fingerprint density at radius 2 is 1.79 bits per heavy atom. The molecule has 5 heteroatoms. The summed E-state index contributed by atoms with van der Waals surface area (Å²) in [5, 5.41) is 4.28. The minimum absolute atomic E-state index is 0.0182. The quantitative estimate of drug-likeness (QED) is 0.614. The highest BCUT2D eigenvalue weighted by atomic mass is 16.5. The van der Waals surface area contributed by atoms with E-state index in [1.54, 1.807) is 14.2 Å². The lowest BCUT2D eigenvalue weighted by Gasteiger charge is -2.12. The molecule has 0 saturated heterocycles. The van der Waals surface area contributed by atoms with Crippen LogP contribution in [-0.4, -0.2) is 31.2 Å². The monoisotopic (exact) mass is 394 g/mol. The van der Waals surface area contributed by atoms with E-state index in [0.29, 0.717) is 30.5 Å². The molecule has 29 heavy (non-hydrogen) atoms. The minimum atomic E-state index is 0.0182. The summed E-state index contributed by atoms with van der Waals surface area (Å²) < 4.78 is 12.7. The molecule has 0 aliphatic carbocycles. The Kier molecular flexibility index (Phi) is 6.47. The van der Waals surface area contributed by atoms with Crippen molar-refractivity contribution in [2.24, 2.45) is 0 Å². The van der Waals surface area contributed by atoms with Gasteiger partial charge in [0.25, 0.3) is 0 Å². The number of rotatable bonds is 8. The molecule has 1 aromatic heterocycles. The molecule has 3 rings (SSSR count). The highest BCUT2D eigenvalue weighted by Gasteiger charge is 2.17. The summed E-state index contributed by atoms with van der Waals surface area (Å²) in [7, 11) is 3.24. The highest BCUT2D eigenvalue weighted by molar-refractivity contribution is 5.88. The third-order valence-electron chi connectivity index (χ3n) is 5.34. The van der Waals surface area contributed by atoms with E-state index in [2.05, 4.69) is 48.9 Å².